The van der Waals surface area contributed by atoms with E-state index in [9.17, 15) is 9.90 Å². The van der Waals surface area contributed by atoms with Crippen molar-refractivity contribution >= 4 is 22.4 Å². The number of hydrogen-bond donors (Lipinski definition) is 1. The summed E-state index contributed by atoms with van der Waals surface area (Å²) in [6.45, 7) is 2.97. The summed E-state index contributed by atoms with van der Waals surface area (Å²) < 4.78 is 0. The molecule has 0 atom stereocenters. The summed E-state index contributed by atoms with van der Waals surface area (Å²) in [4.78, 5) is 20.5. The molecule has 1 amide bonds. The average molecular weight is 267 g/mol. The van der Waals surface area contributed by atoms with Crippen molar-refractivity contribution in [3.8, 4) is 0 Å². The lowest BCUT2D eigenvalue weighted by atomic mass is 10.1. The summed E-state index contributed by atoms with van der Waals surface area (Å²) in [5.41, 5.74) is 0.554. The molecule has 2 saturated heterocycles. The van der Waals surface area contributed by atoms with Gasteiger partial charge in [-0.3, -0.25) is 4.79 Å². The first-order valence-corrected chi connectivity index (χ1v) is 7.30. The zero-order valence-corrected chi connectivity index (χ0v) is 11.0. The van der Waals surface area contributed by atoms with Gasteiger partial charge in [-0.1, -0.05) is 0 Å². The van der Waals surface area contributed by atoms with Gasteiger partial charge in [0.1, 0.15) is 5.69 Å². The first-order chi connectivity index (χ1) is 8.74. The van der Waals surface area contributed by atoms with Crippen LogP contribution in [0.5, 0.6) is 0 Å². The average Bonchev–Trinajstić information content (AvgIpc) is 2.84. The minimum Gasteiger partial charge on any atom is -0.389 e. The van der Waals surface area contributed by atoms with E-state index in [0.29, 0.717) is 18.8 Å². The Hall–Kier alpha value is -1.14. The number of nitrogens with zero attached hydrogens (tertiary/aromatic N) is 3. The summed E-state index contributed by atoms with van der Waals surface area (Å²) in [6.07, 6.45) is 3.18. The van der Waals surface area contributed by atoms with E-state index < -0.39 is 0 Å². The van der Waals surface area contributed by atoms with E-state index >= 15 is 0 Å². The largest absolute Gasteiger partial charge is 0.389 e. The van der Waals surface area contributed by atoms with Gasteiger partial charge < -0.3 is 14.9 Å². The van der Waals surface area contributed by atoms with Crippen LogP contribution in [0.4, 0.5) is 5.13 Å². The maximum atomic E-state index is 12.2. The minimum absolute atomic E-state index is 0.0540. The van der Waals surface area contributed by atoms with Gasteiger partial charge in [0.15, 0.2) is 5.13 Å². The Kier molecular flexibility index (Phi) is 3.22. The number of rotatable bonds is 2. The van der Waals surface area contributed by atoms with Crippen molar-refractivity contribution in [2.45, 2.75) is 25.4 Å². The zero-order valence-electron chi connectivity index (χ0n) is 10.2. The molecule has 2 fully saturated rings. The molecule has 3 heterocycles. The Bertz CT molecular complexity index is 436. The molecule has 1 aromatic rings. The number of β-amino-alcohol motifs (C(OH)–C–C–N with tert-alkyl or cyclic N) is 1. The number of piperidine rings is 1. The van der Waals surface area contributed by atoms with E-state index in [1.807, 2.05) is 15.2 Å². The van der Waals surface area contributed by atoms with E-state index in [1.54, 1.807) is 0 Å². The van der Waals surface area contributed by atoms with Gasteiger partial charge in [-0.05, 0) is 19.3 Å². The Morgan fingerprint density at radius 2 is 2.06 bits per heavy atom. The number of aliphatic hydroxyl groups excluding tert-OH is 1. The third-order valence-corrected chi connectivity index (χ3v) is 4.39. The predicted octanol–water partition coefficient (Wildman–Crippen LogP) is 0.950. The molecule has 0 bridgehead atoms. The number of carbonyl (C=O) groups excluding carboxylic acids is 1. The summed E-state index contributed by atoms with van der Waals surface area (Å²) >= 11 is 1.48. The molecule has 18 heavy (non-hydrogen) atoms. The lowest BCUT2D eigenvalue weighted by molar-refractivity contribution is 0.0719. The molecule has 3 rings (SSSR count). The molecule has 6 heteroatoms. The highest BCUT2D eigenvalue weighted by atomic mass is 32.1. The van der Waals surface area contributed by atoms with Crippen LogP contribution in [0.3, 0.4) is 0 Å². The second-order valence-corrected chi connectivity index (χ2v) is 5.76. The van der Waals surface area contributed by atoms with E-state index in [1.165, 1.54) is 17.8 Å². The van der Waals surface area contributed by atoms with Crippen LogP contribution in [0.2, 0.25) is 0 Å². The summed E-state index contributed by atoms with van der Waals surface area (Å²) in [5, 5.41) is 11.9. The number of aliphatic hydroxyl groups is 1. The fourth-order valence-corrected chi connectivity index (χ4v) is 3.20. The molecule has 0 radical (unpaired) electrons. The first-order valence-electron chi connectivity index (χ1n) is 6.42. The number of anilines is 1. The fourth-order valence-electron chi connectivity index (χ4n) is 2.38. The topological polar surface area (TPSA) is 56.7 Å². The monoisotopic (exact) mass is 267 g/mol. The van der Waals surface area contributed by atoms with Crippen LogP contribution in [0.25, 0.3) is 0 Å². The summed E-state index contributed by atoms with van der Waals surface area (Å²) in [5.74, 6) is 0.0540. The summed E-state index contributed by atoms with van der Waals surface area (Å²) in [6, 6.07) is 0. The third-order valence-electron chi connectivity index (χ3n) is 3.49. The molecule has 0 aliphatic carbocycles. The zero-order chi connectivity index (χ0) is 12.5. The van der Waals surface area contributed by atoms with Gasteiger partial charge in [-0.25, -0.2) is 4.98 Å². The van der Waals surface area contributed by atoms with Crippen molar-refractivity contribution in [2.75, 3.05) is 31.1 Å². The first kappa shape index (κ1) is 11.9. The van der Waals surface area contributed by atoms with Gasteiger partial charge in [0, 0.05) is 31.6 Å². The van der Waals surface area contributed by atoms with Crippen LogP contribution < -0.4 is 4.90 Å². The van der Waals surface area contributed by atoms with Crippen molar-refractivity contribution in [2.24, 2.45) is 0 Å². The van der Waals surface area contributed by atoms with Crippen LogP contribution in [-0.2, 0) is 0 Å². The van der Waals surface area contributed by atoms with Gasteiger partial charge >= 0.3 is 0 Å². The number of amides is 1. The Labute approximate surface area is 110 Å². The van der Waals surface area contributed by atoms with Gasteiger partial charge in [0.2, 0.25) is 0 Å². The standard InChI is InChI=1S/C12H17N3O2S/c16-9-6-15(7-9)12-13-10(8-18-12)11(17)14-4-2-1-3-5-14/h8-9,16H,1-7H2. The van der Waals surface area contributed by atoms with Crippen LogP contribution in [0.15, 0.2) is 5.38 Å². The van der Waals surface area contributed by atoms with Gasteiger partial charge in [-0.2, -0.15) is 0 Å². The van der Waals surface area contributed by atoms with Gasteiger partial charge in [0.05, 0.1) is 6.10 Å². The van der Waals surface area contributed by atoms with E-state index in [-0.39, 0.29) is 12.0 Å². The number of thiazole rings is 1. The van der Waals surface area contributed by atoms with E-state index in [0.717, 1.165) is 31.1 Å². The maximum absolute atomic E-state index is 12.2. The SMILES string of the molecule is O=C(c1csc(N2CC(O)C2)n1)N1CCCCC1. The molecule has 0 spiro atoms. The van der Waals surface area contributed by atoms with Crippen LogP contribution in [-0.4, -0.2) is 53.2 Å². The third kappa shape index (κ3) is 2.22. The van der Waals surface area contributed by atoms with Crippen molar-refractivity contribution in [1.29, 1.82) is 0 Å². The number of aromatic nitrogens is 1. The molecule has 98 valence electrons. The maximum Gasteiger partial charge on any atom is 0.273 e. The normalized spacial score (nSPS) is 20.9. The lowest BCUT2D eigenvalue weighted by Gasteiger charge is -2.35. The highest BCUT2D eigenvalue weighted by molar-refractivity contribution is 7.14. The Morgan fingerprint density at radius 3 is 2.72 bits per heavy atom. The highest BCUT2D eigenvalue weighted by Gasteiger charge is 2.28. The van der Waals surface area contributed by atoms with Crippen LogP contribution in [0, 0.1) is 0 Å². The smallest absolute Gasteiger partial charge is 0.273 e. The molecule has 0 saturated carbocycles. The molecule has 1 N–H and O–H groups in total. The van der Waals surface area contributed by atoms with Crippen LogP contribution in [0.1, 0.15) is 29.8 Å². The molecule has 2 aliphatic heterocycles. The van der Waals surface area contributed by atoms with Crippen molar-refractivity contribution in [3.05, 3.63) is 11.1 Å². The number of likely N-dealkylation sites (tertiary alicyclic amines) is 1. The van der Waals surface area contributed by atoms with Gasteiger partial charge in [0.25, 0.3) is 5.91 Å². The molecular formula is C12H17N3O2S. The highest BCUT2D eigenvalue weighted by Crippen LogP contribution is 2.26. The number of carbonyl (C=O) groups is 1. The van der Waals surface area contributed by atoms with Crippen molar-refractivity contribution in [3.63, 3.8) is 0 Å². The van der Waals surface area contributed by atoms with E-state index in [4.69, 9.17) is 0 Å². The summed E-state index contributed by atoms with van der Waals surface area (Å²) in [7, 11) is 0. The quantitative estimate of drug-likeness (QED) is 0.867. The lowest BCUT2D eigenvalue weighted by Crippen LogP contribution is -2.50. The minimum atomic E-state index is -0.241. The molecule has 5 nitrogen and oxygen atoms in total. The van der Waals surface area contributed by atoms with Crippen LogP contribution >= 0.6 is 11.3 Å². The number of hydrogen-bond acceptors (Lipinski definition) is 5. The predicted molar refractivity (Wildman–Crippen MR) is 70.1 cm³/mol. The van der Waals surface area contributed by atoms with Crippen molar-refractivity contribution in [1.82, 2.24) is 9.88 Å². The second kappa shape index (κ2) is 4.85. The van der Waals surface area contributed by atoms with Crippen molar-refractivity contribution < 1.29 is 9.90 Å². The molecular weight excluding hydrogens is 250 g/mol. The Morgan fingerprint density at radius 1 is 1.33 bits per heavy atom. The molecule has 2 aliphatic rings. The van der Waals surface area contributed by atoms with E-state index in [2.05, 4.69) is 4.98 Å². The molecule has 1 aromatic heterocycles. The fraction of sp³-hybridized carbons (Fsp3) is 0.667. The Balaban J connectivity index is 1.66. The second-order valence-electron chi connectivity index (χ2n) is 4.93. The molecule has 0 aromatic carbocycles. The van der Waals surface area contributed by atoms with Gasteiger partial charge in [-0.15, -0.1) is 11.3 Å². The molecule has 0 unspecified atom stereocenters.